The van der Waals surface area contributed by atoms with Gasteiger partial charge < -0.3 is 24.2 Å². The molecule has 1 aliphatic heterocycles. The Morgan fingerprint density at radius 2 is 1.56 bits per heavy atom. The average Bonchev–Trinajstić information content (AvgIpc) is 3.24. The largest absolute Gasteiger partial charge is 0.507 e. The van der Waals surface area contributed by atoms with Crippen molar-refractivity contribution in [3.05, 3.63) is 95.1 Å². The number of amides is 1. The summed E-state index contributed by atoms with van der Waals surface area (Å²) in [5.41, 5.74) is 1.98. The molecular weight excluding hydrogens is 518 g/mol. The van der Waals surface area contributed by atoms with Crippen LogP contribution >= 0.6 is 0 Å². The van der Waals surface area contributed by atoms with Gasteiger partial charge in [-0.3, -0.25) is 9.59 Å². The molecule has 7 nitrogen and oxygen atoms in total. The van der Waals surface area contributed by atoms with E-state index < -0.39 is 17.7 Å². The summed E-state index contributed by atoms with van der Waals surface area (Å²) in [6.07, 6.45) is 3.97. The summed E-state index contributed by atoms with van der Waals surface area (Å²) in [5.74, 6) is 0.177. The Hall–Kier alpha value is -4.26. The first-order valence-corrected chi connectivity index (χ1v) is 14.4. The maximum absolute atomic E-state index is 13.5. The quantitative estimate of drug-likeness (QED) is 0.0988. The number of benzene rings is 3. The van der Waals surface area contributed by atoms with Gasteiger partial charge in [0.1, 0.15) is 11.5 Å². The second kappa shape index (κ2) is 14.4. The Balaban J connectivity index is 1.77. The smallest absolute Gasteiger partial charge is 0.295 e. The van der Waals surface area contributed by atoms with E-state index >= 15 is 0 Å². The zero-order valence-electron chi connectivity index (χ0n) is 24.1. The van der Waals surface area contributed by atoms with E-state index in [4.69, 9.17) is 14.2 Å². The lowest BCUT2D eigenvalue weighted by molar-refractivity contribution is -0.140. The minimum Gasteiger partial charge on any atom is -0.507 e. The molecule has 216 valence electrons. The highest BCUT2D eigenvalue weighted by Crippen LogP contribution is 2.43. The van der Waals surface area contributed by atoms with E-state index in [-0.39, 0.29) is 17.9 Å². The predicted molar refractivity (Wildman–Crippen MR) is 159 cm³/mol. The fourth-order valence-electron chi connectivity index (χ4n) is 4.87. The van der Waals surface area contributed by atoms with Crippen molar-refractivity contribution < 1.29 is 28.9 Å². The molecule has 0 aliphatic carbocycles. The van der Waals surface area contributed by atoms with Crippen molar-refractivity contribution in [2.24, 2.45) is 0 Å². The molecule has 1 atom stereocenters. The number of ether oxygens (including phenoxy) is 3. The summed E-state index contributed by atoms with van der Waals surface area (Å²) in [6.45, 7) is 7.83. The van der Waals surface area contributed by atoms with Gasteiger partial charge in [0, 0.05) is 12.1 Å². The third-order valence-corrected chi connectivity index (χ3v) is 6.93. The number of hydrogen-bond acceptors (Lipinski definition) is 6. The van der Waals surface area contributed by atoms with Crippen molar-refractivity contribution in [1.29, 1.82) is 0 Å². The minimum absolute atomic E-state index is 0.0345. The molecule has 1 amide bonds. The zero-order valence-corrected chi connectivity index (χ0v) is 24.1. The zero-order chi connectivity index (χ0) is 29.2. The van der Waals surface area contributed by atoms with Crippen molar-refractivity contribution in [1.82, 2.24) is 4.90 Å². The molecule has 1 heterocycles. The highest BCUT2D eigenvalue weighted by atomic mass is 16.5. The Bertz CT molecular complexity index is 1350. The van der Waals surface area contributed by atoms with Gasteiger partial charge in [-0.25, -0.2) is 0 Å². The Labute approximate surface area is 242 Å². The second-order valence-electron chi connectivity index (χ2n) is 9.98. The first-order chi connectivity index (χ1) is 20.0. The summed E-state index contributed by atoms with van der Waals surface area (Å²) in [6, 6.07) is 21.0. The highest BCUT2D eigenvalue weighted by molar-refractivity contribution is 6.46. The molecule has 4 rings (SSSR count). The SMILES string of the molecule is CCCCCOc1ccc(C2C(=C(O)c3ccc(OCCC)cc3)C(=O)C(=O)N2Cc2ccccc2)cc1OCC. The first-order valence-electron chi connectivity index (χ1n) is 14.4. The molecule has 0 bridgehead atoms. The molecule has 0 radical (unpaired) electrons. The van der Waals surface area contributed by atoms with Gasteiger partial charge >= 0.3 is 0 Å². The summed E-state index contributed by atoms with van der Waals surface area (Å²) in [7, 11) is 0. The topological polar surface area (TPSA) is 85.3 Å². The van der Waals surface area contributed by atoms with Crippen LogP contribution in [0.1, 0.15) is 69.2 Å². The van der Waals surface area contributed by atoms with E-state index in [0.29, 0.717) is 48.2 Å². The minimum atomic E-state index is -0.820. The van der Waals surface area contributed by atoms with Crippen LogP contribution in [0.2, 0.25) is 0 Å². The van der Waals surface area contributed by atoms with Crippen LogP contribution in [0.15, 0.2) is 78.4 Å². The Kier molecular flexibility index (Phi) is 10.4. The predicted octanol–water partition coefficient (Wildman–Crippen LogP) is 7.07. The average molecular weight is 558 g/mol. The van der Waals surface area contributed by atoms with Crippen LogP contribution in [-0.2, 0) is 16.1 Å². The maximum Gasteiger partial charge on any atom is 0.295 e. The summed E-state index contributed by atoms with van der Waals surface area (Å²) >= 11 is 0. The molecule has 0 aromatic heterocycles. The van der Waals surface area contributed by atoms with Crippen molar-refractivity contribution in [3.8, 4) is 17.2 Å². The third kappa shape index (κ3) is 7.09. The molecule has 1 aliphatic rings. The third-order valence-electron chi connectivity index (χ3n) is 6.93. The number of aliphatic hydroxyl groups excluding tert-OH is 1. The van der Waals surface area contributed by atoms with Crippen molar-refractivity contribution in [2.75, 3.05) is 19.8 Å². The van der Waals surface area contributed by atoms with E-state index in [9.17, 15) is 14.7 Å². The number of likely N-dealkylation sites (tertiary alicyclic amines) is 1. The van der Waals surface area contributed by atoms with Crippen LogP contribution in [0.5, 0.6) is 17.2 Å². The molecule has 3 aromatic carbocycles. The molecule has 1 N–H and O–H groups in total. The molecule has 3 aromatic rings. The Morgan fingerprint density at radius 1 is 0.805 bits per heavy atom. The van der Waals surface area contributed by atoms with Crippen LogP contribution in [0.4, 0.5) is 0 Å². The fourth-order valence-corrected chi connectivity index (χ4v) is 4.87. The summed E-state index contributed by atoms with van der Waals surface area (Å²) < 4.78 is 17.6. The molecule has 41 heavy (non-hydrogen) atoms. The van der Waals surface area contributed by atoms with Gasteiger partial charge in [-0.15, -0.1) is 0 Å². The molecular formula is C34H39NO6. The van der Waals surface area contributed by atoms with Crippen molar-refractivity contribution >= 4 is 17.4 Å². The number of carbonyl (C=O) groups is 2. The molecule has 0 saturated carbocycles. The number of hydrogen-bond donors (Lipinski definition) is 1. The fraction of sp³-hybridized carbons (Fsp3) is 0.353. The number of ketones is 1. The number of Topliss-reactive ketones (excluding diaryl/α,β-unsaturated/α-hetero) is 1. The second-order valence-corrected chi connectivity index (χ2v) is 9.98. The lowest BCUT2D eigenvalue weighted by atomic mass is 9.94. The maximum atomic E-state index is 13.5. The highest BCUT2D eigenvalue weighted by Gasteiger charge is 2.46. The van der Waals surface area contributed by atoms with Crippen LogP contribution in [0, 0.1) is 0 Å². The van der Waals surface area contributed by atoms with E-state index in [2.05, 4.69) is 6.92 Å². The number of unbranched alkanes of at least 4 members (excludes halogenated alkanes) is 2. The van der Waals surface area contributed by atoms with Gasteiger partial charge in [-0.2, -0.15) is 0 Å². The van der Waals surface area contributed by atoms with Gasteiger partial charge in [-0.1, -0.05) is 63.1 Å². The van der Waals surface area contributed by atoms with E-state index in [1.165, 1.54) is 4.90 Å². The lowest BCUT2D eigenvalue weighted by Gasteiger charge is -2.26. The van der Waals surface area contributed by atoms with E-state index in [1.807, 2.05) is 62.4 Å². The van der Waals surface area contributed by atoms with Gasteiger partial charge in [-0.05, 0) is 67.3 Å². The number of nitrogens with zero attached hydrogens (tertiary/aromatic N) is 1. The lowest BCUT2D eigenvalue weighted by Crippen LogP contribution is -2.29. The van der Waals surface area contributed by atoms with Gasteiger partial charge in [0.05, 0.1) is 31.4 Å². The molecule has 0 spiro atoms. The van der Waals surface area contributed by atoms with Gasteiger partial charge in [0.2, 0.25) is 0 Å². The van der Waals surface area contributed by atoms with Crippen LogP contribution < -0.4 is 14.2 Å². The molecule has 1 fully saturated rings. The van der Waals surface area contributed by atoms with Crippen molar-refractivity contribution in [2.45, 2.75) is 59.0 Å². The van der Waals surface area contributed by atoms with E-state index in [1.54, 1.807) is 24.3 Å². The van der Waals surface area contributed by atoms with Gasteiger partial charge in [0.25, 0.3) is 11.7 Å². The first kappa shape index (κ1) is 29.7. The van der Waals surface area contributed by atoms with Crippen LogP contribution in [0.25, 0.3) is 5.76 Å². The molecule has 7 heteroatoms. The van der Waals surface area contributed by atoms with Crippen LogP contribution in [-0.4, -0.2) is 41.5 Å². The van der Waals surface area contributed by atoms with Gasteiger partial charge in [0.15, 0.2) is 11.5 Å². The standard InChI is InChI=1S/C34H39NO6/c1-4-7-11-21-41-28-19-16-26(22-29(28)39-6-3)31-30(32(36)25-14-17-27(18-15-25)40-20-5-2)33(37)34(38)35(31)23-24-12-9-8-10-13-24/h8-10,12-19,22,31,36H,4-7,11,20-21,23H2,1-3H3. The molecule has 1 saturated heterocycles. The number of rotatable bonds is 14. The summed E-state index contributed by atoms with van der Waals surface area (Å²) in [5, 5.41) is 11.5. The normalized spacial score (nSPS) is 16.2. The summed E-state index contributed by atoms with van der Waals surface area (Å²) in [4.78, 5) is 28.5. The molecule has 1 unspecified atom stereocenters. The number of aliphatic hydroxyl groups is 1. The monoisotopic (exact) mass is 557 g/mol. The van der Waals surface area contributed by atoms with Crippen LogP contribution in [0.3, 0.4) is 0 Å². The Morgan fingerprint density at radius 3 is 2.24 bits per heavy atom. The number of carbonyl (C=O) groups excluding carboxylic acids is 2. The van der Waals surface area contributed by atoms with E-state index in [0.717, 1.165) is 31.2 Å². The van der Waals surface area contributed by atoms with Crippen molar-refractivity contribution in [3.63, 3.8) is 0 Å².